The zero-order valence-electron chi connectivity index (χ0n) is 4.57. The van der Waals surface area contributed by atoms with Crippen LogP contribution in [-0.4, -0.2) is 22.1 Å². The molecule has 3 N–H and O–H groups in total. The maximum absolute atomic E-state index is 10.3. The lowest BCUT2D eigenvalue weighted by atomic mass is 10.6. The Bertz CT molecular complexity index is 154. The fourth-order valence-electron chi connectivity index (χ4n) is 0.193. The van der Waals surface area contributed by atoms with Crippen LogP contribution in [0.1, 0.15) is 0 Å². The average molecular weight is 130 g/mol. The molecule has 0 radical (unpaired) electrons. The molecule has 0 unspecified atom stereocenters. The Kier molecular flexibility index (Phi) is 2.40. The van der Waals surface area contributed by atoms with Crippen LogP contribution in [0.2, 0.25) is 0 Å². The van der Waals surface area contributed by atoms with E-state index >= 15 is 0 Å². The molecule has 0 saturated carbocycles. The van der Waals surface area contributed by atoms with Gasteiger partial charge < -0.3 is 5.11 Å². The van der Waals surface area contributed by atoms with E-state index in [1.165, 1.54) is 0 Å². The Morgan fingerprint density at radius 3 is 2.22 bits per heavy atom. The van der Waals surface area contributed by atoms with Crippen molar-refractivity contribution in [2.75, 3.05) is 0 Å². The second kappa shape index (κ2) is 2.83. The van der Waals surface area contributed by atoms with Crippen LogP contribution >= 0.6 is 0 Å². The van der Waals surface area contributed by atoms with E-state index in [1.54, 1.807) is 0 Å². The van der Waals surface area contributed by atoms with Gasteiger partial charge in [-0.2, -0.15) is 5.01 Å². The first-order valence-electron chi connectivity index (χ1n) is 2.03. The number of hydrogen-bond donors (Lipinski definition) is 2. The highest BCUT2D eigenvalue weighted by Gasteiger charge is 2.11. The minimum absolute atomic E-state index is 0.0486. The summed E-state index contributed by atoms with van der Waals surface area (Å²) in [6, 6.07) is 0. The minimum Gasteiger partial charge on any atom is -0.464 e. The fourth-order valence-corrected chi connectivity index (χ4v) is 0.193. The smallest absolute Gasteiger partial charge is 0.429 e. The van der Waals surface area contributed by atoms with E-state index in [0.717, 1.165) is 6.08 Å². The Morgan fingerprint density at radius 2 is 2.11 bits per heavy atom. The molecule has 50 valence electrons. The van der Waals surface area contributed by atoms with Gasteiger partial charge in [0.2, 0.25) is 0 Å². The van der Waals surface area contributed by atoms with E-state index in [2.05, 4.69) is 12.4 Å². The molecule has 5 heteroatoms. The molecule has 0 saturated heterocycles. The minimum atomic E-state index is -1.50. The number of rotatable bonds is 1. The molecule has 0 aromatic heterocycles. The Balaban J connectivity index is 4.03. The highest BCUT2D eigenvalue weighted by molar-refractivity contribution is 5.96. The van der Waals surface area contributed by atoms with Gasteiger partial charge in [0.25, 0.3) is 5.91 Å². The summed E-state index contributed by atoms with van der Waals surface area (Å²) in [5.41, 5.74) is 0. The van der Waals surface area contributed by atoms with E-state index in [-0.39, 0.29) is 5.01 Å². The molecule has 0 heterocycles. The molecule has 0 aromatic rings. The topological polar surface area (TPSA) is 83.6 Å². The number of hydrogen-bond acceptors (Lipinski definition) is 3. The molecule has 2 amide bonds. The number of hydrazine groups is 1. The van der Waals surface area contributed by atoms with Crippen molar-refractivity contribution in [1.82, 2.24) is 5.01 Å². The maximum Gasteiger partial charge on any atom is 0.429 e. The number of amides is 2. The third-order valence-corrected chi connectivity index (χ3v) is 0.618. The summed E-state index contributed by atoms with van der Waals surface area (Å²) >= 11 is 0. The number of carbonyl (C=O) groups excluding carboxylic acids is 1. The van der Waals surface area contributed by atoms with Gasteiger partial charge in [0.15, 0.2) is 0 Å². The van der Waals surface area contributed by atoms with E-state index < -0.39 is 12.0 Å². The van der Waals surface area contributed by atoms with Gasteiger partial charge in [-0.3, -0.25) is 4.79 Å². The number of nitrogens with zero attached hydrogens (tertiary/aromatic N) is 1. The van der Waals surface area contributed by atoms with Gasteiger partial charge in [-0.05, 0) is 6.08 Å². The van der Waals surface area contributed by atoms with Crippen LogP contribution < -0.4 is 5.84 Å². The zero-order chi connectivity index (χ0) is 7.44. The van der Waals surface area contributed by atoms with Crippen LogP contribution in [-0.2, 0) is 4.79 Å². The third-order valence-electron chi connectivity index (χ3n) is 0.618. The lowest BCUT2D eigenvalue weighted by molar-refractivity contribution is -0.124. The summed E-state index contributed by atoms with van der Waals surface area (Å²) in [6.07, 6.45) is -0.686. The van der Waals surface area contributed by atoms with Crippen LogP contribution in [0.5, 0.6) is 0 Å². The van der Waals surface area contributed by atoms with Crippen molar-refractivity contribution >= 4 is 12.0 Å². The van der Waals surface area contributed by atoms with Crippen molar-refractivity contribution in [2.24, 2.45) is 5.84 Å². The molecular formula is C4H6N2O3. The van der Waals surface area contributed by atoms with Gasteiger partial charge in [0.1, 0.15) is 0 Å². The van der Waals surface area contributed by atoms with E-state index in [4.69, 9.17) is 5.11 Å². The van der Waals surface area contributed by atoms with Crippen LogP contribution in [0.15, 0.2) is 12.7 Å². The van der Waals surface area contributed by atoms with Crippen molar-refractivity contribution < 1.29 is 14.7 Å². The zero-order valence-corrected chi connectivity index (χ0v) is 4.57. The first-order valence-corrected chi connectivity index (χ1v) is 2.03. The monoisotopic (exact) mass is 130 g/mol. The average Bonchev–Trinajstić information content (AvgIpc) is 1.84. The van der Waals surface area contributed by atoms with Crippen LogP contribution in [0.3, 0.4) is 0 Å². The normalized spacial score (nSPS) is 8.11. The van der Waals surface area contributed by atoms with Gasteiger partial charge in [0, 0.05) is 0 Å². The molecule has 0 aliphatic rings. The first kappa shape index (κ1) is 7.64. The molecule has 5 nitrogen and oxygen atoms in total. The van der Waals surface area contributed by atoms with E-state index in [9.17, 15) is 9.59 Å². The highest BCUT2D eigenvalue weighted by atomic mass is 16.4. The summed E-state index contributed by atoms with van der Waals surface area (Å²) in [5.74, 6) is 3.84. The second-order valence-electron chi connectivity index (χ2n) is 1.19. The van der Waals surface area contributed by atoms with Crippen molar-refractivity contribution in [2.45, 2.75) is 0 Å². The molecule has 0 spiro atoms. The summed E-state index contributed by atoms with van der Waals surface area (Å²) in [5, 5.41) is 8.06. The Hall–Kier alpha value is -1.36. The predicted molar refractivity (Wildman–Crippen MR) is 29.3 cm³/mol. The summed E-state index contributed by atoms with van der Waals surface area (Å²) < 4.78 is 0. The van der Waals surface area contributed by atoms with Crippen molar-refractivity contribution in [3.8, 4) is 0 Å². The molecule has 0 rings (SSSR count). The Morgan fingerprint density at radius 1 is 1.67 bits per heavy atom. The van der Waals surface area contributed by atoms with Crippen LogP contribution in [0.25, 0.3) is 0 Å². The van der Waals surface area contributed by atoms with Gasteiger partial charge in [-0.1, -0.05) is 6.58 Å². The molecule has 0 aliphatic heterocycles. The first-order chi connectivity index (χ1) is 4.09. The quantitative estimate of drug-likeness (QED) is 0.218. The highest BCUT2D eigenvalue weighted by Crippen LogP contribution is 1.80. The predicted octanol–water partition coefficient (Wildman–Crippen LogP) is -0.447. The van der Waals surface area contributed by atoms with Gasteiger partial charge in [0.05, 0.1) is 0 Å². The van der Waals surface area contributed by atoms with Gasteiger partial charge >= 0.3 is 6.09 Å². The summed E-state index contributed by atoms with van der Waals surface area (Å²) in [7, 11) is 0. The molecule has 0 aliphatic carbocycles. The number of carboxylic acid groups (broad SMARTS) is 1. The second-order valence-corrected chi connectivity index (χ2v) is 1.19. The molecular weight excluding hydrogens is 124 g/mol. The van der Waals surface area contributed by atoms with E-state index in [1.807, 2.05) is 0 Å². The molecule has 9 heavy (non-hydrogen) atoms. The maximum atomic E-state index is 10.3. The number of imide groups is 1. The summed E-state index contributed by atoms with van der Waals surface area (Å²) in [6.45, 7) is 3.03. The van der Waals surface area contributed by atoms with Crippen molar-refractivity contribution in [1.29, 1.82) is 0 Å². The van der Waals surface area contributed by atoms with E-state index in [0.29, 0.717) is 0 Å². The molecule has 0 bridgehead atoms. The lowest BCUT2D eigenvalue weighted by Crippen LogP contribution is -2.40. The fraction of sp³-hybridized carbons (Fsp3) is 0. The van der Waals surface area contributed by atoms with Crippen LogP contribution in [0, 0.1) is 0 Å². The Labute approximate surface area is 51.3 Å². The van der Waals surface area contributed by atoms with Gasteiger partial charge in [-0.25, -0.2) is 10.6 Å². The third kappa shape index (κ3) is 1.92. The SMILES string of the molecule is C=CC(=O)N(N)C(=O)O. The standard InChI is InChI=1S/C4H6N2O3/c1-2-3(7)6(5)4(8)9/h2H,1,5H2,(H,8,9). The molecule has 0 aromatic carbocycles. The van der Waals surface area contributed by atoms with Gasteiger partial charge in [-0.15, -0.1) is 0 Å². The van der Waals surface area contributed by atoms with Crippen molar-refractivity contribution in [3.05, 3.63) is 12.7 Å². The molecule has 0 fully saturated rings. The lowest BCUT2D eigenvalue weighted by Gasteiger charge is -2.04. The molecule has 0 atom stereocenters. The number of carbonyl (C=O) groups is 2. The van der Waals surface area contributed by atoms with Crippen molar-refractivity contribution in [3.63, 3.8) is 0 Å². The summed E-state index contributed by atoms with van der Waals surface area (Å²) in [4.78, 5) is 20.1. The largest absolute Gasteiger partial charge is 0.464 e. The number of nitrogens with two attached hydrogens (primary N) is 1. The van der Waals surface area contributed by atoms with Crippen LogP contribution in [0.4, 0.5) is 4.79 Å².